The molecule has 0 saturated carbocycles. The van der Waals surface area contributed by atoms with E-state index < -0.39 is 0 Å². The number of rotatable bonds is 4. The quantitative estimate of drug-likeness (QED) is 0.715. The van der Waals surface area contributed by atoms with Gasteiger partial charge in [0, 0.05) is 20.1 Å². The van der Waals surface area contributed by atoms with Gasteiger partial charge in [-0.3, -0.25) is 0 Å². The molecule has 0 aromatic carbocycles. The third-order valence-electron chi connectivity index (χ3n) is 1.80. The first-order valence-electron chi connectivity index (χ1n) is 4.14. The van der Waals surface area contributed by atoms with Crippen LogP contribution in [0.1, 0.15) is 0 Å². The number of hydrogen-bond donors (Lipinski definition) is 1. The fourth-order valence-electron chi connectivity index (χ4n) is 0.932. The molecule has 0 saturated heterocycles. The summed E-state index contributed by atoms with van der Waals surface area (Å²) < 4.78 is 4.56. The van der Waals surface area contributed by atoms with Gasteiger partial charge in [-0.25, -0.2) is 9.95 Å². The van der Waals surface area contributed by atoms with Crippen LogP contribution in [0.3, 0.4) is 0 Å². The molecule has 1 N–H and O–H groups in total. The Morgan fingerprint density at radius 3 is 2.54 bits per heavy atom. The Balaban J connectivity index is 2.48. The molecule has 1 rings (SSSR count). The van der Waals surface area contributed by atoms with Gasteiger partial charge >= 0.3 is 5.63 Å². The van der Waals surface area contributed by atoms with Crippen molar-refractivity contribution >= 4 is 5.82 Å². The average Bonchev–Trinajstić information content (AvgIpc) is 2.47. The predicted molar refractivity (Wildman–Crippen MR) is 51.2 cm³/mol. The highest BCUT2D eigenvalue weighted by Crippen LogP contribution is 2.03. The molecular formula is C8H15N3O2. The largest absolute Gasteiger partial charge is 0.359 e. The molecular weight excluding hydrogens is 170 g/mol. The van der Waals surface area contributed by atoms with Crippen LogP contribution in [0.4, 0.5) is 5.82 Å². The molecule has 0 radical (unpaired) electrons. The lowest BCUT2D eigenvalue weighted by Crippen LogP contribution is -2.28. The van der Waals surface area contributed by atoms with Gasteiger partial charge in [-0.05, 0) is 14.1 Å². The van der Waals surface area contributed by atoms with E-state index in [-0.39, 0.29) is 5.63 Å². The maximum atomic E-state index is 10.7. The maximum Gasteiger partial charge on any atom is 0.359 e. The molecule has 1 heterocycles. The Bertz CT molecular complexity index is 302. The minimum atomic E-state index is -0.341. The predicted octanol–water partition coefficient (Wildman–Crippen LogP) is -0.0343. The van der Waals surface area contributed by atoms with E-state index in [4.69, 9.17) is 0 Å². The van der Waals surface area contributed by atoms with Crippen molar-refractivity contribution in [2.24, 2.45) is 0 Å². The second-order valence-electron chi connectivity index (χ2n) is 3.28. The summed E-state index contributed by atoms with van der Waals surface area (Å²) in [6, 6.07) is 1.44. The molecule has 0 amide bonds. The molecule has 0 aliphatic heterocycles. The molecule has 0 fully saturated rings. The van der Waals surface area contributed by atoms with Crippen LogP contribution in [0.15, 0.2) is 15.4 Å². The van der Waals surface area contributed by atoms with Crippen molar-refractivity contribution in [1.82, 2.24) is 10.1 Å². The third-order valence-corrected chi connectivity index (χ3v) is 1.80. The second kappa shape index (κ2) is 4.13. The molecule has 5 heteroatoms. The monoisotopic (exact) mass is 185 g/mol. The molecule has 0 aliphatic carbocycles. The summed E-state index contributed by atoms with van der Waals surface area (Å²) in [5.74, 6) is 0.715. The normalized spacial score (nSPS) is 10.8. The molecule has 5 nitrogen and oxygen atoms in total. The first kappa shape index (κ1) is 9.85. The minimum Gasteiger partial charge on any atom is -0.358 e. The van der Waals surface area contributed by atoms with E-state index in [2.05, 4.69) is 14.6 Å². The molecule has 1 aromatic rings. The summed E-state index contributed by atoms with van der Waals surface area (Å²) in [5, 5.41) is 2.55. The van der Waals surface area contributed by atoms with Gasteiger partial charge in [-0.15, -0.1) is 0 Å². The Hall–Kier alpha value is -1.23. The van der Waals surface area contributed by atoms with Gasteiger partial charge in [-0.1, -0.05) is 0 Å². The van der Waals surface area contributed by atoms with Crippen molar-refractivity contribution < 1.29 is 4.52 Å². The Kier molecular flexibility index (Phi) is 3.13. The van der Waals surface area contributed by atoms with Crippen LogP contribution in [0.5, 0.6) is 0 Å². The SMILES string of the molecule is CN(C)CCN(C)c1cc(=O)o[nH]1. The highest BCUT2D eigenvalue weighted by atomic mass is 16.5. The highest BCUT2D eigenvalue weighted by Gasteiger charge is 2.04. The van der Waals surface area contributed by atoms with E-state index in [1.54, 1.807) is 0 Å². The summed E-state index contributed by atoms with van der Waals surface area (Å²) in [5.41, 5.74) is -0.341. The maximum absolute atomic E-state index is 10.7. The van der Waals surface area contributed by atoms with Gasteiger partial charge in [0.05, 0.1) is 6.07 Å². The molecule has 0 spiro atoms. The third kappa shape index (κ3) is 2.95. The van der Waals surface area contributed by atoms with Gasteiger partial charge < -0.3 is 14.3 Å². The molecule has 74 valence electrons. The lowest BCUT2D eigenvalue weighted by Gasteiger charge is -2.18. The first-order chi connectivity index (χ1) is 6.09. The van der Waals surface area contributed by atoms with Gasteiger partial charge in [0.25, 0.3) is 0 Å². The minimum absolute atomic E-state index is 0.341. The van der Waals surface area contributed by atoms with E-state index in [1.807, 2.05) is 26.0 Å². The van der Waals surface area contributed by atoms with E-state index in [0.717, 1.165) is 13.1 Å². The zero-order valence-electron chi connectivity index (χ0n) is 8.20. The zero-order valence-corrected chi connectivity index (χ0v) is 8.20. The molecule has 13 heavy (non-hydrogen) atoms. The van der Waals surface area contributed by atoms with Gasteiger partial charge in [0.15, 0.2) is 0 Å². The summed E-state index contributed by atoms with van der Waals surface area (Å²) in [7, 11) is 5.92. The Labute approximate surface area is 76.9 Å². The first-order valence-corrected chi connectivity index (χ1v) is 4.14. The van der Waals surface area contributed by atoms with Crippen LogP contribution in [-0.2, 0) is 0 Å². The summed E-state index contributed by atoms with van der Waals surface area (Å²) in [6.45, 7) is 1.78. The van der Waals surface area contributed by atoms with E-state index in [1.165, 1.54) is 6.07 Å². The number of nitrogens with zero attached hydrogens (tertiary/aromatic N) is 2. The van der Waals surface area contributed by atoms with Gasteiger partial charge in [-0.2, -0.15) is 0 Å². The Morgan fingerprint density at radius 2 is 2.08 bits per heavy atom. The van der Waals surface area contributed by atoms with Crippen molar-refractivity contribution in [2.45, 2.75) is 0 Å². The molecule has 0 aliphatic rings. The van der Waals surface area contributed by atoms with Gasteiger partial charge in [0.1, 0.15) is 5.82 Å². The summed E-state index contributed by atoms with van der Waals surface area (Å²) in [4.78, 5) is 14.7. The van der Waals surface area contributed by atoms with Crippen LogP contribution < -0.4 is 10.5 Å². The smallest absolute Gasteiger partial charge is 0.358 e. The van der Waals surface area contributed by atoms with Gasteiger partial charge in [0.2, 0.25) is 0 Å². The van der Waals surface area contributed by atoms with Crippen molar-refractivity contribution in [2.75, 3.05) is 39.1 Å². The van der Waals surface area contributed by atoms with Crippen LogP contribution in [0.25, 0.3) is 0 Å². The van der Waals surface area contributed by atoms with Crippen LogP contribution in [-0.4, -0.2) is 44.3 Å². The number of aromatic nitrogens is 1. The average molecular weight is 185 g/mol. The number of likely N-dealkylation sites (N-methyl/N-ethyl adjacent to an activating group) is 2. The van der Waals surface area contributed by atoms with Crippen LogP contribution >= 0.6 is 0 Å². The van der Waals surface area contributed by atoms with Crippen LogP contribution in [0.2, 0.25) is 0 Å². The topological polar surface area (TPSA) is 52.5 Å². The zero-order chi connectivity index (χ0) is 9.84. The lowest BCUT2D eigenvalue weighted by atomic mass is 10.5. The number of nitrogens with one attached hydrogen (secondary N) is 1. The molecule has 0 atom stereocenters. The van der Waals surface area contributed by atoms with Crippen molar-refractivity contribution in [1.29, 1.82) is 0 Å². The number of H-pyrrole nitrogens is 1. The fourth-order valence-corrected chi connectivity index (χ4v) is 0.932. The van der Waals surface area contributed by atoms with Crippen molar-refractivity contribution in [3.05, 3.63) is 16.5 Å². The number of anilines is 1. The fraction of sp³-hybridized carbons (Fsp3) is 0.625. The molecule has 1 aromatic heterocycles. The lowest BCUT2D eigenvalue weighted by molar-refractivity contribution is 0.388. The highest BCUT2D eigenvalue weighted by molar-refractivity contribution is 5.33. The summed E-state index contributed by atoms with van der Waals surface area (Å²) >= 11 is 0. The van der Waals surface area contributed by atoms with E-state index >= 15 is 0 Å². The van der Waals surface area contributed by atoms with E-state index in [0.29, 0.717) is 5.82 Å². The van der Waals surface area contributed by atoms with Crippen molar-refractivity contribution in [3.63, 3.8) is 0 Å². The summed E-state index contributed by atoms with van der Waals surface area (Å²) in [6.07, 6.45) is 0. The molecule has 0 unspecified atom stereocenters. The van der Waals surface area contributed by atoms with E-state index in [9.17, 15) is 4.79 Å². The standard InChI is InChI=1S/C8H15N3O2/c1-10(2)4-5-11(3)7-6-8(12)13-9-7/h6,9H,4-5H2,1-3H3. The Morgan fingerprint density at radius 1 is 1.38 bits per heavy atom. The van der Waals surface area contributed by atoms with Crippen molar-refractivity contribution in [3.8, 4) is 0 Å². The number of hydrogen-bond acceptors (Lipinski definition) is 4. The van der Waals surface area contributed by atoms with Crippen LogP contribution in [0, 0.1) is 0 Å². The number of aromatic amines is 1. The second-order valence-corrected chi connectivity index (χ2v) is 3.28. The molecule has 0 bridgehead atoms.